The summed E-state index contributed by atoms with van der Waals surface area (Å²) in [5, 5.41) is 10.0. The van der Waals surface area contributed by atoms with E-state index in [0.29, 0.717) is 0 Å². The predicted octanol–water partition coefficient (Wildman–Crippen LogP) is 4.56. The zero-order valence-corrected chi connectivity index (χ0v) is 12.3. The molecule has 0 bridgehead atoms. The summed E-state index contributed by atoms with van der Waals surface area (Å²) in [5.41, 5.74) is 3.23. The van der Waals surface area contributed by atoms with Crippen LogP contribution in [-0.4, -0.2) is 11.7 Å². The van der Waals surface area contributed by atoms with Crippen molar-refractivity contribution >= 4 is 11.4 Å². The summed E-state index contributed by atoms with van der Waals surface area (Å²) in [6.45, 7) is 0.0494. The minimum Gasteiger partial charge on any atom is -0.394 e. The predicted molar refractivity (Wildman–Crippen MR) is 91.3 cm³/mol. The molecule has 0 saturated carbocycles. The summed E-state index contributed by atoms with van der Waals surface area (Å²) in [6.07, 6.45) is 0. The SMILES string of the molecule is OCC(c1ccccc1)N(c1ccccc1)c1ccccc1. The zero-order valence-electron chi connectivity index (χ0n) is 12.3. The van der Waals surface area contributed by atoms with Crippen LogP contribution in [0.3, 0.4) is 0 Å². The van der Waals surface area contributed by atoms with Gasteiger partial charge in [0.2, 0.25) is 0 Å². The van der Waals surface area contributed by atoms with Crippen LogP contribution in [0.4, 0.5) is 11.4 Å². The van der Waals surface area contributed by atoms with Crippen molar-refractivity contribution in [1.82, 2.24) is 0 Å². The summed E-state index contributed by atoms with van der Waals surface area (Å²) in [7, 11) is 0. The number of rotatable bonds is 5. The second-order valence-electron chi connectivity index (χ2n) is 5.15. The van der Waals surface area contributed by atoms with Crippen LogP contribution in [0.5, 0.6) is 0 Å². The molecule has 0 saturated heterocycles. The van der Waals surface area contributed by atoms with Crippen LogP contribution in [0.2, 0.25) is 0 Å². The Morgan fingerprint density at radius 2 is 1.05 bits per heavy atom. The number of aliphatic hydroxyl groups is 1. The molecule has 0 aliphatic carbocycles. The van der Waals surface area contributed by atoms with E-state index in [2.05, 4.69) is 41.3 Å². The summed E-state index contributed by atoms with van der Waals surface area (Å²) >= 11 is 0. The first-order valence-corrected chi connectivity index (χ1v) is 7.45. The number of aliphatic hydroxyl groups excluding tert-OH is 1. The van der Waals surface area contributed by atoms with E-state index in [0.717, 1.165) is 16.9 Å². The van der Waals surface area contributed by atoms with E-state index in [9.17, 15) is 5.11 Å². The van der Waals surface area contributed by atoms with E-state index in [4.69, 9.17) is 0 Å². The molecule has 22 heavy (non-hydrogen) atoms. The largest absolute Gasteiger partial charge is 0.394 e. The first-order valence-electron chi connectivity index (χ1n) is 7.45. The van der Waals surface area contributed by atoms with Crippen LogP contribution in [-0.2, 0) is 0 Å². The van der Waals surface area contributed by atoms with Gasteiger partial charge in [-0.25, -0.2) is 0 Å². The van der Waals surface area contributed by atoms with E-state index in [1.807, 2.05) is 54.6 Å². The lowest BCUT2D eigenvalue weighted by molar-refractivity contribution is 0.267. The van der Waals surface area contributed by atoms with E-state index in [-0.39, 0.29) is 12.6 Å². The second kappa shape index (κ2) is 6.92. The van der Waals surface area contributed by atoms with E-state index in [1.54, 1.807) is 0 Å². The second-order valence-corrected chi connectivity index (χ2v) is 5.15. The smallest absolute Gasteiger partial charge is 0.0822 e. The van der Waals surface area contributed by atoms with Gasteiger partial charge in [0.15, 0.2) is 0 Å². The molecular weight excluding hydrogens is 270 g/mol. The highest BCUT2D eigenvalue weighted by atomic mass is 16.3. The molecule has 0 aromatic heterocycles. The number of anilines is 2. The highest BCUT2D eigenvalue weighted by molar-refractivity contribution is 5.65. The van der Waals surface area contributed by atoms with Gasteiger partial charge in [0.05, 0.1) is 12.6 Å². The maximum Gasteiger partial charge on any atom is 0.0822 e. The molecule has 0 aliphatic rings. The van der Waals surface area contributed by atoms with Crippen molar-refractivity contribution in [1.29, 1.82) is 0 Å². The molecule has 1 atom stereocenters. The van der Waals surface area contributed by atoms with Gasteiger partial charge in [-0.1, -0.05) is 66.7 Å². The van der Waals surface area contributed by atoms with Crippen LogP contribution in [0, 0.1) is 0 Å². The molecule has 1 N–H and O–H groups in total. The van der Waals surface area contributed by atoms with Crippen molar-refractivity contribution in [2.75, 3.05) is 11.5 Å². The average Bonchev–Trinajstić information content (AvgIpc) is 2.62. The molecule has 110 valence electrons. The van der Waals surface area contributed by atoms with Crippen molar-refractivity contribution in [3.05, 3.63) is 96.6 Å². The Kier molecular flexibility index (Phi) is 4.52. The van der Waals surface area contributed by atoms with Crippen molar-refractivity contribution in [2.45, 2.75) is 6.04 Å². The fourth-order valence-corrected chi connectivity index (χ4v) is 2.70. The monoisotopic (exact) mass is 289 g/mol. The van der Waals surface area contributed by atoms with Gasteiger partial charge in [-0.2, -0.15) is 0 Å². The molecular formula is C20H19NO. The van der Waals surface area contributed by atoms with E-state index < -0.39 is 0 Å². The standard InChI is InChI=1S/C20H19NO/c22-16-20(17-10-4-1-5-11-17)21(18-12-6-2-7-13-18)19-14-8-3-9-15-19/h1-15,20,22H,16H2. The first kappa shape index (κ1) is 14.4. The first-order chi connectivity index (χ1) is 10.9. The third kappa shape index (κ3) is 3.02. The molecule has 0 heterocycles. The Bertz CT molecular complexity index is 643. The maximum atomic E-state index is 10.0. The summed E-state index contributed by atoms with van der Waals surface area (Å²) in [5.74, 6) is 0. The minimum absolute atomic E-state index is 0.0494. The fourth-order valence-electron chi connectivity index (χ4n) is 2.70. The summed E-state index contributed by atoms with van der Waals surface area (Å²) in [4.78, 5) is 2.18. The van der Waals surface area contributed by atoms with Gasteiger partial charge in [0, 0.05) is 11.4 Å². The van der Waals surface area contributed by atoms with Crippen LogP contribution >= 0.6 is 0 Å². The van der Waals surface area contributed by atoms with Crippen molar-refractivity contribution in [2.24, 2.45) is 0 Å². The number of nitrogens with zero attached hydrogens (tertiary/aromatic N) is 1. The van der Waals surface area contributed by atoms with Gasteiger partial charge in [0.25, 0.3) is 0 Å². The number of hydrogen-bond donors (Lipinski definition) is 1. The number of hydrogen-bond acceptors (Lipinski definition) is 2. The Morgan fingerprint density at radius 1 is 0.636 bits per heavy atom. The van der Waals surface area contributed by atoms with Gasteiger partial charge < -0.3 is 10.0 Å². The Hall–Kier alpha value is -2.58. The molecule has 0 spiro atoms. The van der Waals surface area contributed by atoms with Crippen LogP contribution < -0.4 is 4.90 Å². The lowest BCUT2D eigenvalue weighted by Crippen LogP contribution is -2.26. The van der Waals surface area contributed by atoms with Crippen LogP contribution in [0.25, 0.3) is 0 Å². The molecule has 0 amide bonds. The van der Waals surface area contributed by atoms with Crippen molar-refractivity contribution in [3.8, 4) is 0 Å². The number of benzene rings is 3. The van der Waals surface area contributed by atoms with Gasteiger partial charge >= 0.3 is 0 Å². The quantitative estimate of drug-likeness (QED) is 0.744. The van der Waals surface area contributed by atoms with Gasteiger partial charge in [0.1, 0.15) is 0 Å². The molecule has 0 radical (unpaired) electrons. The topological polar surface area (TPSA) is 23.5 Å². The third-order valence-electron chi connectivity index (χ3n) is 3.74. The van der Waals surface area contributed by atoms with E-state index in [1.165, 1.54) is 0 Å². The molecule has 3 aromatic rings. The lowest BCUT2D eigenvalue weighted by atomic mass is 10.0. The lowest BCUT2D eigenvalue weighted by Gasteiger charge is -2.33. The zero-order chi connectivity index (χ0) is 15.2. The minimum atomic E-state index is -0.119. The average molecular weight is 289 g/mol. The maximum absolute atomic E-state index is 10.0. The molecule has 0 aliphatic heterocycles. The summed E-state index contributed by atoms with van der Waals surface area (Å²) in [6, 6.07) is 30.3. The molecule has 1 unspecified atom stereocenters. The van der Waals surface area contributed by atoms with Crippen LogP contribution in [0.1, 0.15) is 11.6 Å². The Morgan fingerprint density at radius 3 is 1.45 bits per heavy atom. The van der Waals surface area contributed by atoms with Gasteiger partial charge in [-0.3, -0.25) is 0 Å². The Balaban J connectivity index is 2.09. The van der Waals surface area contributed by atoms with Gasteiger partial charge in [-0.05, 0) is 29.8 Å². The molecule has 3 rings (SSSR count). The normalized spacial score (nSPS) is 11.9. The molecule has 0 fully saturated rings. The van der Waals surface area contributed by atoms with Crippen molar-refractivity contribution < 1.29 is 5.11 Å². The molecule has 2 nitrogen and oxygen atoms in total. The number of para-hydroxylation sites is 2. The van der Waals surface area contributed by atoms with Crippen molar-refractivity contribution in [3.63, 3.8) is 0 Å². The van der Waals surface area contributed by atoms with Gasteiger partial charge in [-0.15, -0.1) is 0 Å². The molecule has 3 aromatic carbocycles. The Labute approximate surface area is 131 Å². The molecule has 2 heteroatoms. The summed E-state index contributed by atoms with van der Waals surface area (Å²) < 4.78 is 0. The highest BCUT2D eigenvalue weighted by Gasteiger charge is 2.21. The van der Waals surface area contributed by atoms with E-state index >= 15 is 0 Å². The van der Waals surface area contributed by atoms with Crippen LogP contribution in [0.15, 0.2) is 91.0 Å². The third-order valence-corrected chi connectivity index (χ3v) is 3.74. The highest BCUT2D eigenvalue weighted by Crippen LogP contribution is 2.34. The fraction of sp³-hybridized carbons (Fsp3) is 0.100.